The molecule has 0 saturated carbocycles. The fourth-order valence-corrected chi connectivity index (χ4v) is 2.15. The van der Waals surface area contributed by atoms with Gasteiger partial charge >= 0.3 is 0 Å². The Labute approximate surface area is 119 Å². The van der Waals surface area contributed by atoms with Crippen LogP contribution in [0.4, 0.5) is 17.1 Å². The molecule has 100 valence electrons. The van der Waals surface area contributed by atoms with E-state index in [0.717, 1.165) is 28.1 Å². The maximum absolute atomic E-state index is 7.16. The maximum atomic E-state index is 7.16. The lowest BCUT2D eigenvalue weighted by Gasteiger charge is -2.10. The Kier molecular flexibility index (Phi) is 4.17. The van der Waals surface area contributed by atoms with Gasteiger partial charge in [-0.05, 0) is 37.1 Å². The highest BCUT2D eigenvalue weighted by atomic mass is 14.8. The lowest BCUT2D eigenvalue weighted by molar-refractivity contribution is 1.38. The first-order valence-corrected chi connectivity index (χ1v) is 6.45. The minimum Gasteiger partial charge on any atom is -0.387 e. The molecule has 0 saturated heterocycles. The van der Waals surface area contributed by atoms with Crippen LogP contribution >= 0.6 is 0 Å². The molecule has 0 amide bonds. The number of para-hydroxylation sites is 1. The Hall–Kier alpha value is -2.60. The van der Waals surface area contributed by atoms with E-state index in [9.17, 15) is 0 Å². The molecule has 2 aromatic rings. The predicted molar refractivity (Wildman–Crippen MR) is 85.4 cm³/mol. The molecule has 0 unspecified atom stereocenters. The second kappa shape index (κ2) is 6.03. The van der Waals surface area contributed by atoms with Gasteiger partial charge in [0, 0.05) is 24.5 Å². The van der Waals surface area contributed by atoms with Gasteiger partial charge in [-0.1, -0.05) is 24.3 Å². The lowest BCUT2D eigenvalue weighted by Crippen LogP contribution is -1.97. The third-order valence-electron chi connectivity index (χ3n) is 3.19. The molecule has 0 aliphatic rings. The molecule has 2 aromatic carbocycles. The fourth-order valence-electron chi connectivity index (χ4n) is 2.15. The molecule has 3 nitrogen and oxygen atoms in total. The highest BCUT2D eigenvalue weighted by Gasteiger charge is 2.05. The summed E-state index contributed by atoms with van der Waals surface area (Å²) >= 11 is 0. The van der Waals surface area contributed by atoms with Crippen molar-refractivity contribution in [3.8, 4) is 0 Å². The molecule has 0 spiro atoms. The molecule has 0 aliphatic heterocycles. The standard InChI is InChI=1S/C17H17N3/c1-12-7-5-6-8-16(12)20-11-14-10-15(18-3)9-13(2)17(14)19-4/h5-11,19H,1-2,4H3. The van der Waals surface area contributed by atoms with Crippen molar-refractivity contribution in [3.63, 3.8) is 0 Å². The molecule has 0 fully saturated rings. The predicted octanol–water partition coefficient (Wildman–Crippen LogP) is 4.65. The van der Waals surface area contributed by atoms with Crippen LogP contribution in [0.1, 0.15) is 16.7 Å². The molecule has 0 bridgehead atoms. The monoisotopic (exact) mass is 263 g/mol. The van der Waals surface area contributed by atoms with Crippen LogP contribution in [-0.2, 0) is 0 Å². The van der Waals surface area contributed by atoms with Crippen molar-refractivity contribution in [1.82, 2.24) is 0 Å². The van der Waals surface area contributed by atoms with Crippen molar-refractivity contribution in [1.29, 1.82) is 0 Å². The summed E-state index contributed by atoms with van der Waals surface area (Å²) in [7, 11) is 1.88. The van der Waals surface area contributed by atoms with E-state index in [1.165, 1.54) is 0 Å². The number of anilines is 1. The van der Waals surface area contributed by atoms with E-state index < -0.39 is 0 Å². The molecule has 0 heterocycles. The van der Waals surface area contributed by atoms with Crippen LogP contribution in [0.15, 0.2) is 41.4 Å². The first kappa shape index (κ1) is 13.8. The van der Waals surface area contributed by atoms with Crippen LogP contribution in [0, 0.1) is 20.4 Å². The van der Waals surface area contributed by atoms with Gasteiger partial charge in [0.15, 0.2) is 5.69 Å². The van der Waals surface area contributed by atoms with Crippen molar-refractivity contribution in [2.45, 2.75) is 13.8 Å². The molecule has 3 heteroatoms. The first-order chi connectivity index (χ1) is 9.65. The van der Waals surface area contributed by atoms with Crippen LogP contribution in [0.25, 0.3) is 4.85 Å². The zero-order valence-corrected chi connectivity index (χ0v) is 11.9. The van der Waals surface area contributed by atoms with E-state index in [-0.39, 0.29) is 0 Å². The largest absolute Gasteiger partial charge is 0.387 e. The number of aryl methyl sites for hydroxylation is 2. The van der Waals surface area contributed by atoms with Gasteiger partial charge in [0.1, 0.15) is 0 Å². The van der Waals surface area contributed by atoms with Gasteiger partial charge < -0.3 is 5.32 Å². The number of rotatable bonds is 3. The average Bonchev–Trinajstić information content (AvgIpc) is 2.46. The molecule has 0 radical (unpaired) electrons. The minimum absolute atomic E-state index is 0.632. The van der Waals surface area contributed by atoms with Gasteiger partial charge in [0.05, 0.1) is 12.3 Å². The van der Waals surface area contributed by atoms with Crippen LogP contribution in [0.2, 0.25) is 0 Å². The van der Waals surface area contributed by atoms with Gasteiger partial charge in [-0.2, -0.15) is 0 Å². The average molecular weight is 263 g/mol. The number of hydrogen-bond donors (Lipinski definition) is 1. The lowest BCUT2D eigenvalue weighted by atomic mass is 10.1. The van der Waals surface area contributed by atoms with Gasteiger partial charge in [-0.15, -0.1) is 0 Å². The minimum atomic E-state index is 0.632. The quantitative estimate of drug-likeness (QED) is 0.634. The van der Waals surface area contributed by atoms with Crippen LogP contribution in [0.3, 0.4) is 0 Å². The van der Waals surface area contributed by atoms with E-state index in [1.54, 1.807) is 0 Å². The number of hydrogen-bond acceptors (Lipinski definition) is 2. The topological polar surface area (TPSA) is 28.8 Å². The zero-order chi connectivity index (χ0) is 14.5. The molecular formula is C17H17N3. The maximum Gasteiger partial charge on any atom is 0.188 e. The molecule has 0 atom stereocenters. The molecule has 0 aliphatic carbocycles. The van der Waals surface area contributed by atoms with Crippen molar-refractivity contribution in [3.05, 3.63) is 64.5 Å². The Morgan fingerprint density at radius 1 is 1.15 bits per heavy atom. The van der Waals surface area contributed by atoms with Crippen molar-refractivity contribution in [2.24, 2.45) is 4.99 Å². The highest BCUT2D eigenvalue weighted by Crippen LogP contribution is 2.26. The van der Waals surface area contributed by atoms with Crippen LogP contribution in [-0.4, -0.2) is 13.3 Å². The Balaban J connectivity index is 2.45. The van der Waals surface area contributed by atoms with Crippen molar-refractivity contribution >= 4 is 23.3 Å². The second-order valence-electron chi connectivity index (χ2n) is 4.63. The molecular weight excluding hydrogens is 246 g/mol. The van der Waals surface area contributed by atoms with E-state index in [4.69, 9.17) is 6.57 Å². The van der Waals surface area contributed by atoms with Crippen molar-refractivity contribution in [2.75, 3.05) is 12.4 Å². The van der Waals surface area contributed by atoms with Gasteiger partial charge in [0.2, 0.25) is 0 Å². The van der Waals surface area contributed by atoms with Gasteiger partial charge in [-0.25, -0.2) is 4.85 Å². The summed E-state index contributed by atoms with van der Waals surface area (Å²) in [4.78, 5) is 8.03. The van der Waals surface area contributed by atoms with E-state index in [1.807, 2.05) is 63.5 Å². The van der Waals surface area contributed by atoms with Crippen LogP contribution in [0.5, 0.6) is 0 Å². The van der Waals surface area contributed by atoms with Crippen molar-refractivity contribution < 1.29 is 0 Å². The summed E-state index contributed by atoms with van der Waals surface area (Å²) < 4.78 is 0. The highest BCUT2D eigenvalue weighted by molar-refractivity contribution is 5.92. The fraction of sp³-hybridized carbons (Fsp3) is 0.176. The summed E-state index contributed by atoms with van der Waals surface area (Å²) in [5.74, 6) is 0. The van der Waals surface area contributed by atoms with E-state index in [2.05, 4.69) is 15.2 Å². The number of nitrogens with one attached hydrogen (secondary N) is 1. The Bertz CT molecular complexity index is 694. The van der Waals surface area contributed by atoms with Crippen LogP contribution < -0.4 is 5.32 Å². The second-order valence-corrected chi connectivity index (χ2v) is 4.63. The summed E-state index contributed by atoms with van der Waals surface area (Å²) in [5, 5.41) is 3.17. The normalized spacial score (nSPS) is 10.5. The SMILES string of the molecule is [C-]#[N+]c1cc(C)c(NC)c(C=Nc2ccccc2C)c1. The number of aliphatic imine (C=N–C) groups is 1. The van der Waals surface area contributed by atoms with E-state index in [0.29, 0.717) is 5.69 Å². The smallest absolute Gasteiger partial charge is 0.188 e. The molecule has 20 heavy (non-hydrogen) atoms. The number of benzene rings is 2. The molecule has 2 rings (SSSR count). The summed E-state index contributed by atoms with van der Waals surface area (Å²) in [6.07, 6.45) is 1.82. The molecule has 0 aromatic heterocycles. The summed E-state index contributed by atoms with van der Waals surface area (Å²) in [5.41, 5.74) is 5.70. The third kappa shape index (κ3) is 2.86. The third-order valence-corrected chi connectivity index (χ3v) is 3.19. The Morgan fingerprint density at radius 3 is 2.55 bits per heavy atom. The molecule has 1 N–H and O–H groups in total. The first-order valence-electron chi connectivity index (χ1n) is 6.45. The zero-order valence-electron chi connectivity index (χ0n) is 11.9. The summed E-state index contributed by atoms with van der Waals surface area (Å²) in [6.45, 7) is 11.2. The van der Waals surface area contributed by atoms with Gasteiger partial charge in [-0.3, -0.25) is 4.99 Å². The summed E-state index contributed by atoms with van der Waals surface area (Å²) in [6, 6.07) is 11.7. The van der Waals surface area contributed by atoms with Gasteiger partial charge in [0.25, 0.3) is 0 Å². The van der Waals surface area contributed by atoms with E-state index >= 15 is 0 Å². The number of nitrogens with zero attached hydrogens (tertiary/aromatic N) is 2. The Morgan fingerprint density at radius 2 is 1.90 bits per heavy atom.